The Morgan fingerprint density at radius 1 is 1.45 bits per heavy atom. The van der Waals surface area contributed by atoms with Crippen molar-refractivity contribution in [3.63, 3.8) is 0 Å². The Labute approximate surface area is 120 Å². The minimum Gasteiger partial charge on any atom is -0.481 e. The molecule has 1 saturated heterocycles. The van der Waals surface area contributed by atoms with E-state index in [0.29, 0.717) is 4.88 Å². The topological polar surface area (TPSA) is 118 Å². The van der Waals surface area contributed by atoms with Crippen molar-refractivity contribution in [2.75, 3.05) is 11.5 Å². The molecule has 0 aromatic carbocycles. The number of hydrogen-bond donors (Lipinski definition) is 2. The van der Waals surface area contributed by atoms with Gasteiger partial charge in [0.1, 0.15) is 4.21 Å². The molecule has 1 aromatic rings. The van der Waals surface area contributed by atoms with Gasteiger partial charge in [-0.1, -0.05) is 0 Å². The van der Waals surface area contributed by atoms with Crippen LogP contribution >= 0.6 is 11.3 Å². The van der Waals surface area contributed by atoms with Gasteiger partial charge in [-0.15, -0.1) is 11.3 Å². The summed E-state index contributed by atoms with van der Waals surface area (Å²) in [7, 11) is -6.96. The van der Waals surface area contributed by atoms with Gasteiger partial charge in [-0.25, -0.2) is 21.6 Å². The van der Waals surface area contributed by atoms with Gasteiger partial charge in [0.2, 0.25) is 10.0 Å². The second-order valence-electron chi connectivity index (χ2n) is 4.51. The lowest BCUT2D eigenvalue weighted by Crippen LogP contribution is -2.35. The molecule has 1 unspecified atom stereocenters. The van der Waals surface area contributed by atoms with E-state index in [-0.39, 0.29) is 28.6 Å². The van der Waals surface area contributed by atoms with Crippen LogP contribution in [0.3, 0.4) is 0 Å². The van der Waals surface area contributed by atoms with Crippen molar-refractivity contribution >= 4 is 37.2 Å². The molecular formula is C10H13NO6S3. The quantitative estimate of drug-likeness (QED) is 0.770. The highest BCUT2D eigenvalue weighted by Gasteiger charge is 2.31. The van der Waals surface area contributed by atoms with Crippen LogP contribution in [0.5, 0.6) is 0 Å². The average Bonchev–Trinajstić information content (AvgIpc) is 2.84. The van der Waals surface area contributed by atoms with Crippen molar-refractivity contribution in [3.05, 3.63) is 17.0 Å². The first-order valence-corrected chi connectivity index (χ1v) is 9.83. The minimum absolute atomic E-state index is 0.00181. The molecule has 10 heteroatoms. The van der Waals surface area contributed by atoms with Crippen molar-refractivity contribution < 1.29 is 26.7 Å². The fraction of sp³-hybridized carbons (Fsp3) is 0.500. The molecule has 0 aliphatic carbocycles. The van der Waals surface area contributed by atoms with Gasteiger partial charge in [-0.2, -0.15) is 0 Å². The third-order valence-electron chi connectivity index (χ3n) is 2.78. The highest BCUT2D eigenvalue weighted by molar-refractivity contribution is 7.92. The molecule has 0 amide bonds. The molecule has 1 aliphatic heterocycles. The number of nitrogens with one attached hydrogen (secondary N) is 1. The van der Waals surface area contributed by atoms with E-state index in [9.17, 15) is 21.6 Å². The van der Waals surface area contributed by atoms with Gasteiger partial charge >= 0.3 is 5.97 Å². The van der Waals surface area contributed by atoms with Crippen molar-refractivity contribution in [2.45, 2.75) is 23.1 Å². The number of aliphatic carboxylic acids is 1. The number of hydrogen-bond acceptors (Lipinski definition) is 6. The second-order valence-corrected chi connectivity index (χ2v) is 9.85. The van der Waals surface area contributed by atoms with Gasteiger partial charge in [-0.05, 0) is 18.6 Å². The van der Waals surface area contributed by atoms with E-state index in [1.807, 2.05) is 0 Å². The van der Waals surface area contributed by atoms with E-state index in [0.717, 1.165) is 11.3 Å². The van der Waals surface area contributed by atoms with E-state index >= 15 is 0 Å². The molecule has 1 aromatic heterocycles. The Kier molecular flexibility index (Phi) is 4.19. The smallest absolute Gasteiger partial charge is 0.308 e. The number of sulfonamides is 1. The maximum absolute atomic E-state index is 12.1. The average molecular weight is 339 g/mol. The standard InChI is InChI=1S/C10H13NO6S3/c12-9(13)5-8-1-2-10(18-8)20(16,17)11-7-3-4-19(14,15)6-7/h1-2,7,11H,3-6H2,(H,12,13). The van der Waals surface area contributed by atoms with Crippen LogP contribution in [0.15, 0.2) is 16.3 Å². The summed E-state index contributed by atoms with van der Waals surface area (Å²) in [6.07, 6.45) is 0.0208. The molecular weight excluding hydrogens is 326 g/mol. The van der Waals surface area contributed by atoms with Crippen molar-refractivity contribution in [1.29, 1.82) is 0 Å². The predicted molar refractivity (Wildman–Crippen MR) is 73.0 cm³/mol. The number of carbonyl (C=O) groups is 1. The summed E-state index contributed by atoms with van der Waals surface area (Å²) in [6, 6.07) is 2.16. The summed E-state index contributed by atoms with van der Waals surface area (Å²) in [4.78, 5) is 11.0. The highest BCUT2D eigenvalue weighted by Crippen LogP contribution is 2.23. The first-order valence-electron chi connectivity index (χ1n) is 5.71. The fourth-order valence-electron chi connectivity index (χ4n) is 1.91. The normalized spacial score (nSPS) is 21.9. The lowest BCUT2D eigenvalue weighted by molar-refractivity contribution is -0.136. The van der Waals surface area contributed by atoms with E-state index in [2.05, 4.69) is 4.72 Å². The van der Waals surface area contributed by atoms with Gasteiger partial charge in [0.05, 0.1) is 17.9 Å². The van der Waals surface area contributed by atoms with E-state index in [4.69, 9.17) is 5.11 Å². The van der Waals surface area contributed by atoms with E-state index < -0.39 is 31.9 Å². The van der Waals surface area contributed by atoms with Crippen LogP contribution in [0.2, 0.25) is 0 Å². The number of rotatable bonds is 5. The molecule has 112 valence electrons. The molecule has 0 radical (unpaired) electrons. The van der Waals surface area contributed by atoms with Gasteiger partial charge in [0.15, 0.2) is 9.84 Å². The van der Waals surface area contributed by atoms with Crippen LogP contribution in [0.4, 0.5) is 0 Å². The van der Waals surface area contributed by atoms with Crippen LogP contribution in [0, 0.1) is 0 Å². The second kappa shape index (κ2) is 5.43. The lowest BCUT2D eigenvalue weighted by Gasteiger charge is -2.09. The zero-order valence-corrected chi connectivity index (χ0v) is 12.7. The summed E-state index contributed by atoms with van der Waals surface area (Å²) in [5.41, 5.74) is 0. The Balaban J connectivity index is 2.11. The van der Waals surface area contributed by atoms with Crippen LogP contribution < -0.4 is 4.72 Å². The molecule has 1 aliphatic rings. The number of carboxylic acids is 1. The van der Waals surface area contributed by atoms with Crippen LogP contribution in [0.25, 0.3) is 0 Å². The van der Waals surface area contributed by atoms with E-state index in [1.54, 1.807) is 0 Å². The first kappa shape index (κ1) is 15.4. The molecule has 20 heavy (non-hydrogen) atoms. The Morgan fingerprint density at radius 2 is 2.15 bits per heavy atom. The molecule has 0 bridgehead atoms. The molecule has 0 spiro atoms. The predicted octanol–water partition coefficient (Wildman–Crippen LogP) is -0.159. The maximum atomic E-state index is 12.1. The third kappa shape index (κ3) is 3.78. The van der Waals surface area contributed by atoms with E-state index in [1.165, 1.54) is 12.1 Å². The molecule has 2 heterocycles. The molecule has 1 fully saturated rings. The van der Waals surface area contributed by atoms with Crippen LogP contribution in [-0.4, -0.2) is 45.5 Å². The SMILES string of the molecule is O=C(O)Cc1ccc(S(=O)(=O)NC2CCS(=O)(=O)C2)s1. The van der Waals surface area contributed by atoms with Gasteiger partial charge in [0, 0.05) is 10.9 Å². The van der Waals surface area contributed by atoms with Crippen LogP contribution in [-0.2, 0) is 31.1 Å². The number of thiophene rings is 1. The van der Waals surface area contributed by atoms with Gasteiger partial charge in [-0.3, -0.25) is 4.79 Å². The fourth-order valence-corrected chi connectivity index (χ4v) is 6.32. The maximum Gasteiger partial charge on any atom is 0.308 e. The zero-order chi connectivity index (χ0) is 15.0. The summed E-state index contributed by atoms with van der Waals surface area (Å²) in [6.45, 7) is 0. The van der Waals surface area contributed by atoms with Crippen molar-refractivity contribution in [3.8, 4) is 0 Å². The lowest BCUT2D eigenvalue weighted by atomic mass is 10.3. The van der Waals surface area contributed by atoms with Crippen LogP contribution in [0.1, 0.15) is 11.3 Å². The molecule has 1 atom stereocenters. The number of carboxylic acid groups (broad SMARTS) is 1. The Morgan fingerprint density at radius 3 is 2.70 bits per heavy atom. The van der Waals surface area contributed by atoms with Crippen molar-refractivity contribution in [1.82, 2.24) is 4.72 Å². The first-order chi connectivity index (χ1) is 9.18. The summed E-state index contributed by atoms with van der Waals surface area (Å²) < 4.78 is 49.0. The largest absolute Gasteiger partial charge is 0.481 e. The van der Waals surface area contributed by atoms with Crippen molar-refractivity contribution in [2.24, 2.45) is 0 Å². The minimum atomic E-state index is -3.80. The monoisotopic (exact) mass is 339 g/mol. The van der Waals surface area contributed by atoms with Gasteiger partial charge < -0.3 is 5.11 Å². The highest BCUT2D eigenvalue weighted by atomic mass is 32.2. The van der Waals surface area contributed by atoms with Gasteiger partial charge in [0.25, 0.3) is 0 Å². The summed E-state index contributed by atoms with van der Waals surface area (Å²) >= 11 is 0.871. The third-order valence-corrected chi connectivity index (χ3v) is 7.65. The Bertz CT molecular complexity index is 718. The molecule has 2 rings (SSSR count). The summed E-state index contributed by atoms with van der Waals surface area (Å²) in [5.74, 6) is -1.25. The number of sulfone groups is 1. The Hall–Kier alpha value is -0.970. The zero-order valence-electron chi connectivity index (χ0n) is 10.3. The molecule has 0 saturated carbocycles. The molecule has 7 nitrogen and oxygen atoms in total. The summed E-state index contributed by atoms with van der Waals surface area (Å²) in [5, 5.41) is 8.64. The molecule has 2 N–H and O–H groups in total.